The predicted octanol–water partition coefficient (Wildman–Crippen LogP) is 6.34. The lowest BCUT2D eigenvalue weighted by Gasteiger charge is -2.37. The average Bonchev–Trinajstić information content (AvgIpc) is 2.57. The maximum absolute atomic E-state index is 5.36. The third-order valence-electron chi connectivity index (χ3n) is 5.94. The Morgan fingerprint density at radius 2 is 1.33 bits per heavy atom. The second-order valence-corrected chi connectivity index (χ2v) is 8.06. The van der Waals surface area contributed by atoms with E-state index in [1.807, 2.05) is 7.11 Å². The van der Waals surface area contributed by atoms with E-state index in [0.29, 0.717) is 0 Å². The van der Waals surface area contributed by atoms with Crippen molar-refractivity contribution in [2.75, 3.05) is 20.3 Å². The van der Waals surface area contributed by atoms with Crippen LogP contribution < -0.4 is 5.32 Å². The van der Waals surface area contributed by atoms with Crippen LogP contribution in [-0.4, -0.2) is 26.3 Å². The van der Waals surface area contributed by atoms with E-state index in [1.165, 1.54) is 96.4 Å². The van der Waals surface area contributed by atoms with E-state index in [9.17, 15) is 0 Å². The summed E-state index contributed by atoms with van der Waals surface area (Å²) >= 11 is 0. The van der Waals surface area contributed by atoms with Crippen LogP contribution in [0.2, 0.25) is 0 Å². The molecule has 0 aromatic rings. The van der Waals surface area contributed by atoms with Crippen molar-refractivity contribution in [3.63, 3.8) is 0 Å². The SMILES string of the molecule is CCCCCCCC(CCCCCCC)NC[C@H]1CC[C@H]1COC. The van der Waals surface area contributed by atoms with Crippen LogP contribution in [-0.2, 0) is 4.74 Å². The smallest absolute Gasteiger partial charge is 0.0493 e. The first-order chi connectivity index (χ1) is 11.8. The molecular weight excluding hydrogens is 294 g/mol. The first-order valence-electron chi connectivity index (χ1n) is 11.0. The summed E-state index contributed by atoms with van der Waals surface area (Å²) in [6.45, 7) is 6.79. The van der Waals surface area contributed by atoms with Crippen LogP contribution in [0.15, 0.2) is 0 Å². The Morgan fingerprint density at radius 1 is 0.792 bits per heavy atom. The standard InChI is InChI=1S/C22H45NO/c1-4-6-8-10-12-14-22(15-13-11-9-7-5-2)23-18-20-16-17-21(20)19-24-3/h20-23H,4-19H2,1-3H3/t20-,21+/m1/s1. The van der Waals surface area contributed by atoms with Crippen LogP contribution in [0.25, 0.3) is 0 Å². The van der Waals surface area contributed by atoms with Gasteiger partial charge in [-0.25, -0.2) is 0 Å². The molecular formula is C22H45NO. The van der Waals surface area contributed by atoms with E-state index >= 15 is 0 Å². The van der Waals surface area contributed by atoms with Gasteiger partial charge in [-0.3, -0.25) is 0 Å². The Balaban J connectivity index is 2.19. The number of hydrogen-bond donors (Lipinski definition) is 1. The highest BCUT2D eigenvalue weighted by molar-refractivity contribution is 4.83. The molecule has 1 aliphatic carbocycles. The molecule has 1 rings (SSSR count). The van der Waals surface area contributed by atoms with Crippen LogP contribution in [0, 0.1) is 11.8 Å². The first kappa shape index (κ1) is 22.0. The molecule has 0 unspecified atom stereocenters. The van der Waals surface area contributed by atoms with Gasteiger partial charge in [0.1, 0.15) is 0 Å². The lowest BCUT2D eigenvalue weighted by atomic mass is 9.74. The maximum atomic E-state index is 5.36. The lowest BCUT2D eigenvalue weighted by molar-refractivity contribution is 0.0578. The largest absolute Gasteiger partial charge is 0.384 e. The van der Waals surface area contributed by atoms with Crippen molar-refractivity contribution in [1.29, 1.82) is 0 Å². The van der Waals surface area contributed by atoms with Crippen LogP contribution >= 0.6 is 0 Å². The van der Waals surface area contributed by atoms with Crippen LogP contribution in [0.1, 0.15) is 104 Å². The Morgan fingerprint density at radius 3 is 1.79 bits per heavy atom. The van der Waals surface area contributed by atoms with Crippen molar-refractivity contribution in [3.8, 4) is 0 Å². The zero-order valence-electron chi connectivity index (χ0n) is 17.0. The molecule has 0 radical (unpaired) electrons. The van der Waals surface area contributed by atoms with Gasteiger partial charge in [-0.1, -0.05) is 78.1 Å². The molecule has 144 valence electrons. The minimum Gasteiger partial charge on any atom is -0.384 e. The van der Waals surface area contributed by atoms with Gasteiger partial charge in [0.05, 0.1) is 0 Å². The second kappa shape index (κ2) is 15.2. The summed E-state index contributed by atoms with van der Waals surface area (Å²) in [6, 6.07) is 0.761. The van der Waals surface area contributed by atoms with Crippen molar-refractivity contribution < 1.29 is 4.74 Å². The highest BCUT2D eigenvalue weighted by Crippen LogP contribution is 2.34. The fraction of sp³-hybridized carbons (Fsp3) is 1.00. The Bertz CT molecular complexity index is 255. The topological polar surface area (TPSA) is 21.3 Å². The molecule has 0 aromatic carbocycles. The predicted molar refractivity (Wildman–Crippen MR) is 107 cm³/mol. The summed E-state index contributed by atoms with van der Waals surface area (Å²) in [5, 5.41) is 3.94. The van der Waals surface area contributed by atoms with Gasteiger partial charge >= 0.3 is 0 Å². The van der Waals surface area contributed by atoms with E-state index in [4.69, 9.17) is 4.74 Å². The monoisotopic (exact) mass is 339 g/mol. The third kappa shape index (κ3) is 10.0. The van der Waals surface area contributed by atoms with Crippen LogP contribution in [0.4, 0.5) is 0 Å². The van der Waals surface area contributed by atoms with E-state index in [2.05, 4.69) is 19.2 Å². The van der Waals surface area contributed by atoms with Crippen molar-refractivity contribution in [1.82, 2.24) is 5.32 Å². The zero-order chi connectivity index (χ0) is 17.5. The second-order valence-electron chi connectivity index (χ2n) is 8.06. The van der Waals surface area contributed by atoms with Crippen molar-refractivity contribution >= 4 is 0 Å². The number of hydrogen-bond acceptors (Lipinski definition) is 2. The molecule has 0 aromatic heterocycles. The van der Waals surface area contributed by atoms with E-state index < -0.39 is 0 Å². The van der Waals surface area contributed by atoms with Gasteiger partial charge in [0.2, 0.25) is 0 Å². The Hall–Kier alpha value is -0.0800. The summed E-state index contributed by atoms with van der Waals surface area (Å²) in [6.07, 6.45) is 19.6. The third-order valence-corrected chi connectivity index (χ3v) is 5.94. The summed E-state index contributed by atoms with van der Waals surface area (Å²) < 4.78 is 5.36. The minimum atomic E-state index is 0.761. The fourth-order valence-electron chi connectivity index (χ4n) is 4.00. The summed E-state index contributed by atoms with van der Waals surface area (Å²) in [7, 11) is 1.85. The molecule has 0 saturated heterocycles. The zero-order valence-corrected chi connectivity index (χ0v) is 17.0. The van der Waals surface area contributed by atoms with Crippen LogP contribution in [0.5, 0.6) is 0 Å². The Labute approximate surface area is 152 Å². The van der Waals surface area contributed by atoms with Gasteiger partial charge in [-0.05, 0) is 44.1 Å². The molecule has 0 bridgehead atoms. The van der Waals surface area contributed by atoms with Gasteiger partial charge in [-0.2, -0.15) is 0 Å². The average molecular weight is 340 g/mol. The Kier molecular flexibility index (Phi) is 13.9. The number of methoxy groups -OCH3 is 1. The molecule has 1 N–H and O–H groups in total. The van der Waals surface area contributed by atoms with E-state index in [0.717, 1.165) is 24.5 Å². The quantitative estimate of drug-likeness (QED) is 0.312. The van der Waals surface area contributed by atoms with Crippen molar-refractivity contribution in [2.45, 2.75) is 110 Å². The summed E-state index contributed by atoms with van der Waals surface area (Å²) in [5.74, 6) is 1.69. The molecule has 1 aliphatic rings. The number of nitrogens with one attached hydrogen (secondary N) is 1. The number of ether oxygens (including phenoxy) is 1. The molecule has 24 heavy (non-hydrogen) atoms. The van der Waals surface area contributed by atoms with Crippen LogP contribution in [0.3, 0.4) is 0 Å². The number of unbranched alkanes of at least 4 members (excludes halogenated alkanes) is 8. The van der Waals surface area contributed by atoms with Gasteiger partial charge < -0.3 is 10.1 Å². The molecule has 2 heteroatoms. The van der Waals surface area contributed by atoms with E-state index in [1.54, 1.807) is 0 Å². The minimum absolute atomic E-state index is 0.761. The molecule has 0 heterocycles. The molecule has 0 amide bonds. The van der Waals surface area contributed by atoms with Crippen molar-refractivity contribution in [2.24, 2.45) is 11.8 Å². The highest BCUT2D eigenvalue weighted by atomic mass is 16.5. The first-order valence-corrected chi connectivity index (χ1v) is 11.0. The fourth-order valence-corrected chi connectivity index (χ4v) is 4.00. The van der Waals surface area contributed by atoms with Gasteiger partial charge in [0.15, 0.2) is 0 Å². The molecule has 1 fully saturated rings. The van der Waals surface area contributed by atoms with Gasteiger partial charge in [0, 0.05) is 19.8 Å². The maximum Gasteiger partial charge on any atom is 0.0493 e. The van der Waals surface area contributed by atoms with E-state index in [-0.39, 0.29) is 0 Å². The van der Waals surface area contributed by atoms with Crippen molar-refractivity contribution in [3.05, 3.63) is 0 Å². The van der Waals surface area contributed by atoms with Gasteiger partial charge in [-0.15, -0.1) is 0 Å². The molecule has 2 nitrogen and oxygen atoms in total. The number of rotatable bonds is 17. The normalized spacial score (nSPS) is 20.5. The summed E-state index contributed by atoms with van der Waals surface area (Å²) in [4.78, 5) is 0. The highest BCUT2D eigenvalue weighted by Gasteiger charge is 2.30. The lowest BCUT2D eigenvalue weighted by Crippen LogP contribution is -2.41. The molecule has 0 spiro atoms. The van der Waals surface area contributed by atoms with Gasteiger partial charge in [0.25, 0.3) is 0 Å². The molecule has 2 atom stereocenters. The summed E-state index contributed by atoms with van der Waals surface area (Å²) in [5.41, 5.74) is 0. The molecule has 0 aliphatic heterocycles. The molecule has 1 saturated carbocycles.